The second kappa shape index (κ2) is 7.96. The molecule has 1 amide bonds. The molecule has 1 fully saturated rings. The fraction of sp³-hybridized carbons (Fsp3) is 0.769. The molecule has 0 spiro atoms. The van der Waals surface area contributed by atoms with Gasteiger partial charge in [0.25, 0.3) is 0 Å². The molecule has 3 N–H and O–H groups in total. The third-order valence-corrected chi connectivity index (χ3v) is 3.39. The highest BCUT2D eigenvalue weighted by Gasteiger charge is 2.21. The van der Waals surface area contributed by atoms with Crippen LogP contribution in [0.5, 0.6) is 0 Å². The van der Waals surface area contributed by atoms with Gasteiger partial charge in [0.1, 0.15) is 11.8 Å². The van der Waals surface area contributed by atoms with Crippen molar-refractivity contribution in [3.63, 3.8) is 0 Å². The number of nitrogens with zero attached hydrogens (tertiary/aromatic N) is 2. The van der Waals surface area contributed by atoms with Crippen molar-refractivity contribution in [2.45, 2.75) is 32.2 Å². The number of ketones is 1. The van der Waals surface area contributed by atoms with E-state index in [1.165, 1.54) is 0 Å². The zero-order chi connectivity index (χ0) is 15.1. The second-order valence-corrected chi connectivity index (χ2v) is 5.20. The molecule has 0 radical (unpaired) electrons. The molecule has 1 heterocycles. The van der Waals surface area contributed by atoms with E-state index < -0.39 is 12.0 Å². The number of nitrogens with two attached hydrogens (primary N) is 1. The molecular weight excluding hydrogens is 262 g/mol. The van der Waals surface area contributed by atoms with Crippen LogP contribution in [-0.4, -0.2) is 71.3 Å². The van der Waals surface area contributed by atoms with Crippen molar-refractivity contribution in [1.82, 2.24) is 9.80 Å². The van der Waals surface area contributed by atoms with E-state index in [0.717, 1.165) is 0 Å². The van der Waals surface area contributed by atoms with Crippen LogP contribution in [0.4, 0.5) is 0 Å². The van der Waals surface area contributed by atoms with Crippen LogP contribution in [0.3, 0.4) is 0 Å². The van der Waals surface area contributed by atoms with E-state index in [-0.39, 0.29) is 11.7 Å². The van der Waals surface area contributed by atoms with E-state index in [2.05, 4.69) is 0 Å². The summed E-state index contributed by atoms with van der Waals surface area (Å²) in [6, 6.07) is -0.893. The normalized spacial score (nSPS) is 17.8. The Bertz CT molecular complexity index is 365. The number of Topliss-reactive ketones (excluding diaryl/α,β-unsaturated/α-hetero) is 1. The molecule has 0 bridgehead atoms. The van der Waals surface area contributed by atoms with Gasteiger partial charge in [0.2, 0.25) is 5.91 Å². The Hall–Kier alpha value is -1.47. The summed E-state index contributed by atoms with van der Waals surface area (Å²) in [5, 5.41) is 8.64. The van der Waals surface area contributed by atoms with Crippen LogP contribution in [0.2, 0.25) is 0 Å². The number of amides is 1. The highest BCUT2D eigenvalue weighted by Crippen LogP contribution is 2.07. The minimum absolute atomic E-state index is 0.0325. The van der Waals surface area contributed by atoms with Gasteiger partial charge in [0, 0.05) is 32.6 Å². The number of aliphatic carboxylic acids is 1. The van der Waals surface area contributed by atoms with Gasteiger partial charge in [-0.1, -0.05) is 0 Å². The minimum Gasteiger partial charge on any atom is -0.480 e. The summed E-state index contributed by atoms with van der Waals surface area (Å²) in [5.41, 5.74) is 5.38. The average molecular weight is 285 g/mol. The topological polar surface area (TPSA) is 104 Å². The van der Waals surface area contributed by atoms with Crippen molar-refractivity contribution in [2.24, 2.45) is 5.73 Å². The minimum atomic E-state index is -1.03. The molecule has 1 rings (SSSR count). The fourth-order valence-corrected chi connectivity index (χ4v) is 2.23. The number of carbonyl (C=O) groups is 3. The summed E-state index contributed by atoms with van der Waals surface area (Å²) >= 11 is 0. The molecule has 20 heavy (non-hydrogen) atoms. The average Bonchev–Trinajstić information content (AvgIpc) is 2.38. The number of hydrogen-bond acceptors (Lipinski definition) is 5. The van der Waals surface area contributed by atoms with Gasteiger partial charge in [0.15, 0.2) is 0 Å². The molecule has 0 aromatic heterocycles. The Labute approximate surface area is 118 Å². The summed E-state index contributed by atoms with van der Waals surface area (Å²) in [6.45, 7) is 4.66. The molecule has 1 atom stereocenters. The number of rotatable bonds is 7. The molecule has 0 saturated carbocycles. The first-order valence-corrected chi connectivity index (χ1v) is 6.88. The number of carboxylic acid groups (broad SMARTS) is 1. The van der Waals surface area contributed by atoms with Crippen LogP contribution < -0.4 is 5.73 Å². The number of piperazine rings is 1. The van der Waals surface area contributed by atoms with Crippen LogP contribution in [0.15, 0.2) is 0 Å². The quantitative estimate of drug-likeness (QED) is 0.641. The van der Waals surface area contributed by atoms with Crippen molar-refractivity contribution in [1.29, 1.82) is 0 Å². The van der Waals surface area contributed by atoms with Crippen molar-refractivity contribution < 1.29 is 19.5 Å². The molecule has 7 nitrogen and oxygen atoms in total. The zero-order valence-electron chi connectivity index (χ0n) is 11.9. The Morgan fingerprint density at radius 3 is 2.30 bits per heavy atom. The lowest BCUT2D eigenvalue weighted by molar-refractivity contribution is -0.139. The number of carbonyl (C=O) groups excluding carboxylic acids is 2. The summed E-state index contributed by atoms with van der Waals surface area (Å²) < 4.78 is 0. The Kier molecular flexibility index (Phi) is 6.60. The predicted molar refractivity (Wildman–Crippen MR) is 73.2 cm³/mol. The maximum absolute atomic E-state index is 11.9. The van der Waals surface area contributed by atoms with Crippen molar-refractivity contribution >= 4 is 17.7 Å². The van der Waals surface area contributed by atoms with Crippen LogP contribution in [-0.2, 0) is 14.4 Å². The van der Waals surface area contributed by atoms with Gasteiger partial charge in [-0.2, -0.15) is 0 Å². The highest BCUT2D eigenvalue weighted by atomic mass is 16.4. The molecule has 1 saturated heterocycles. The summed E-state index contributed by atoms with van der Waals surface area (Å²) in [4.78, 5) is 37.3. The molecule has 1 aliphatic rings. The number of carboxylic acids is 1. The molecule has 7 heteroatoms. The van der Waals surface area contributed by atoms with Crippen LogP contribution in [0, 0.1) is 0 Å². The van der Waals surface area contributed by atoms with Gasteiger partial charge in [-0.05, 0) is 19.8 Å². The number of hydrogen-bond donors (Lipinski definition) is 2. The van der Waals surface area contributed by atoms with Gasteiger partial charge in [-0.25, -0.2) is 0 Å². The lowest BCUT2D eigenvalue weighted by Gasteiger charge is -2.34. The zero-order valence-corrected chi connectivity index (χ0v) is 11.9. The lowest BCUT2D eigenvalue weighted by Crippen LogP contribution is -2.49. The van der Waals surface area contributed by atoms with Gasteiger partial charge in [-0.15, -0.1) is 0 Å². The van der Waals surface area contributed by atoms with Gasteiger partial charge >= 0.3 is 5.97 Å². The maximum atomic E-state index is 11.9. The second-order valence-electron chi connectivity index (χ2n) is 5.20. The Morgan fingerprint density at radius 1 is 1.20 bits per heavy atom. The predicted octanol–water partition coefficient (Wildman–Crippen LogP) is -0.698. The Balaban J connectivity index is 2.22. The molecule has 0 unspecified atom stereocenters. The maximum Gasteiger partial charge on any atom is 0.320 e. The molecule has 0 aliphatic carbocycles. The SMILES string of the molecule is CC(=O)CN1CCN(C(=O)CCC[C@H](N)C(=O)O)CC1. The Morgan fingerprint density at radius 2 is 1.80 bits per heavy atom. The van der Waals surface area contributed by atoms with Crippen LogP contribution in [0.1, 0.15) is 26.2 Å². The van der Waals surface area contributed by atoms with Crippen molar-refractivity contribution in [3.05, 3.63) is 0 Å². The van der Waals surface area contributed by atoms with E-state index in [1.807, 2.05) is 4.90 Å². The monoisotopic (exact) mass is 285 g/mol. The van der Waals surface area contributed by atoms with E-state index in [9.17, 15) is 14.4 Å². The van der Waals surface area contributed by atoms with Crippen LogP contribution in [0.25, 0.3) is 0 Å². The van der Waals surface area contributed by atoms with E-state index >= 15 is 0 Å². The third kappa shape index (κ3) is 5.66. The molecular formula is C13H23N3O4. The van der Waals surface area contributed by atoms with E-state index in [1.54, 1.807) is 11.8 Å². The molecule has 0 aromatic carbocycles. The fourth-order valence-electron chi connectivity index (χ4n) is 2.23. The van der Waals surface area contributed by atoms with Gasteiger partial charge in [0.05, 0.1) is 6.54 Å². The van der Waals surface area contributed by atoms with Gasteiger partial charge in [-0.3, -0.25) is 19.3 Å². The first-order valence-electron chi connectivity index (χ1n) is 6.88. The van der Waals surface area contributed by atoms with E-state index in [0.29, 0.717) is 52.0 Å². The first kappa shape index (κ1) is 16.6. The third-order valence-electron chi connectivity index (χ3n) is 3.39. The van der Waals surface area contributed by atoms with E-state index in [4.69, 9.17) is 10.8 Å². The summed E-state index contributed by atoms with van der Waals surface area (Å²) in [6.07, 6.45) is 1.12. The van der Waals surface area contributed by atoms with Crippen molar-refractivity contribution in [2.75, 3.05) is 32.7 Å². The van der Waals surface area contributed by atoms with Crippen LogP contribution >= 0.6 is 0 Å². The molecule has 114 valence electrons. The first-order chi connectivity index (χ1) is 9.40. The molecule has 1 aliphatic heterocycles. The van der Waals surface area contributed by atoms with Gasteiger partial charge < -0.3 is 15.7 Å². The summed E-state index contributed by atoms with van der Waals surface area (Å²) in [7, 11) is 0. The van der Waals surface area contributed by atoms with Crippen molar-refractivity contribution in [3.8, 4) is 0 Å². The summed E-state index contributed by atoms with van der Waals surface area (Å²) in [5.74, 6) is -0.868. The molecule has 0 aromatic rings. The largest absolute Gasteiger partial charge is 0.480 e. The lowest BCUT2D eigenvalue weighted by atomic mass is 10.1. The smallest absolute Gasteiger partial charge is 0.320 e. The highest BCUT2D eigenvalue weighted by molar-refractivity contribution is 5.78. The standard InChI is InChI=1S/C13H23N3O4/c1-10(17)9-15-5-7-16(8-6-15)12(18)4-2-3-11(14)13(19)20/h11H,2-9,14H2,1H3,(H,19,20)/t11-/m0/s1.